The Labute approximate surface area is 152 Å². The first-order valence-electron chi connectivity index (χ1n) is 8.06. The summed E-state index contributed by atoms with van der Waals surface area (Å²) in [4.78, 5) is 34.4. The van der Waals surface area contributed by atoms with Gasteiger partial charge in [-0.05, 0) is 32.1 Å². The van der Waals surface area contributed by atoms with Gasteiger partial charge in [-0.1, -0.05) is 0 Å². The molecule has 1 fully saturated rings. The molecule has 25 heavy (non-hydrogen) atoms. The summed E-state index contributed by atoms with van der Waals surface area (Å²) in [6.07, 6.45) is -0.426. The Morgan fingerprint density at radius 3 is 2.68 bits per heavy atom. The summed E-state index contributed by atoms with van der Waals surface area (Å²) in [5, 5.41) is 12.0. The Bertz CT molecular complexity index is 506. The molecule has 1 saturated heterocycles. The maximum Gasteiger partial charge on any atom is 0.325 e. The number of hydrogen-bond acceptors (Lipinski definition) is 7. The lowest BCUT2D eigenvalue weighted by Crippen LogP contribution is -2.40. The number of rotatable bonds is 10. The molecule has 11 heteroatoms. The van der Waals surface area contributed by atoms with Gasteiger partial charge in [0.05, 0.1) is 31.5 Å². The van der Waals surface area contributed by atoms with Crippen molar-refractivity contribution in [3.8, 4) is 0 Å². The van der Waals surface area contributed by atoms with E-state index in [0.717, 1.165) is 0 Å². The average molecular weight is 398 g/mol. The van der Waals surface area contributed by atoms with E-state index in [0.29, 0.717) is 13.0 Å². The van der Waals surface area contributed by atoms with Gasteiger partial charge in [0.25, 0.3) is 0 Å². The van der Waals surface area contributed by atoms with Crippen LogP contribution in [0.3, 0.4) is 0 Å². The van der Waals surface area contributed by atoms with Crippen LogP contribution in [0.4, 0.5) is 0 Å². The van der Waals surface area contributed by atoms with Gasteiger partial charge >= 0.3 is 6.72 Å². The van der Waals surface area contributed by atoms with E-state index >= 15 is 0 Å². The lowest BCUT2D eigenvalue weighted by atomic mass is 10.2. The zero-order valence-corrected chi connectivity index (χ0v) is 16.4. The van der Waals surface area contributed by atoms with E-state index in [1.54, 1.807) is 13.8 Å². The average Bonchev–Trinajstić information content (AvgIpc) is 2.87. The smallest absolute Gasteiger partial charge is 0.325 e. The molecule has 0 aromatic carbocycles. The number of hydrogen-bond donors (Lipinski definition) is 3. The zero-order chi connectivity index (χ0) is 19.0. The summed E-state index contributed by atoms with van der Waals surface area (Å²) in [5.74, 6) is -0.470. The first-order valence-corrected chi connectivity index (χ1v) is 10.7. The Balaban J connectivity index is 2.47. The zero-order valence-electron chi connectivity index (χ0n) is 14.7. The van der Waals surface area contributed by atoms with E-state index < -0.39 is 18.9 Å². The molecular weight excluding hydrogens is 371 g/mol. The highest BCUT2D eigenvalue weighted by atomic mass is 32.5. The fourth-order valence-corrected chi connectivity index (χ4v) is 4.44. The van der Waals surface area contributed by atoms with Gasteiger partial charge in [0.2, 0.25) is 11.8 Å². The summed E-state index contributed by atoms with van der Waals surface area (Å²) in [6, 6.07) is -0.425. The van der Waals surface area contributed by atoms with Crippen molar-refractivity contribution >= 4 is 30.3 Å². The lowest BCUT2D eigenvalue weighted by molar-refractivity contribution is -0.137. The minimum Gasteiger partial charge on any atom is -0.394 e. The molecule has 1 aliphatic rings. The third-order valence-corrected chi connectivity index (χ3v) is 5.15. The van der Waals surface area contributed by atoms with Crippen molar-refractivity contribution in [2.75, 3.05) is 32.9 Å². The van der Waals surface area contributed by atoms with Crippen LogP contribution < -0.4 is 5.32 Å². The van der Waals surface area contributed by atoms with Gasteiger partial charge in [-0.2, -0.15) is 0 Å². The number of aliphatic hydroxyl groups excluding tert-OH is 1. The first kappa shape index (κ1) is 22.4. The maximum absolute atomic E-state index is 12.2. The van der Waals surface area contributed by atoms with Gasteiger partial charge in [-0.15, -0.1) is 0 Å². The number of amides is 2. The molecule has 3 unspecified atom stereocenters. The topological polar surface area (TPSA) is 118 Å². The second-order valence-electron chi connectivity index (χ2n) is 6.00. The third-order valence-electron chi connectivity index (χ3n) is 3.38. The number of carbonyl (C=O) groups is 2. The van der Waals surface area contributed by atoms with Gasteiger partial charge in [0, 0.05) is 20.0 Å². The number of carbonyl (C=O) groups excluding carboxylic acids is 2. The van der Waals surface area contributed by atoms with Crippen LogP contribution in [0.15, 0.2) is 0 Å². The van der Waals surface area contributed by atoms with E-state index in [1.165, 1.54) is 11.8 Å². The van der Waals surface area contributed by atoms with E-state index in [1.807, 2.05) is 0 Å². The van der Waals surface area contributed by atoms with Gasteiger partial charge < -0.3 is 34.0 Å². The monoisotopic (exact) mass is 398 g/mol. The normalized spacial score (nSPS) is 22.9. The molecule has 1 heterocycles. The molecule has 0 spiro atoms. The van der Waals surface area contributed by atoms with Crippen LogP contribution in [0, 0.1) is 0 Å². The Kier molecular flexibility index (Phi) is 9.44. The molecule has 0 bridgehead atoms. The van der Waals surface area contributed by atoms with Gasteiger partial charge in [-0.25, -0.2) is 0 Å². The highest BCUT2D eigenvalue weighted by molar-refractivity contribution is 8.07. The summed E-state index contributed by atoms with van der Waals surface area (Å²) in [6.45, 7) is 1.81. The van der Waals surface area contributed by atoms with E-state index in [-0.39, 0.29) is 44.3 Å². The van der Waals surface area contributed by atoms with Crippen LogP contribution in [0.5, 0.6) is 0 Å². The van der Waals surface area contributed by atoms with Crippen LogP contribution >= 0.6 is 6.72 Å². The van der Waals surface area contributed by atoms with E-state index in [9.17, 15) is 19.6 Å². The van der Waals surface area contributed by atoms with Crippen molar-refractivity contribution in [2.24, 2.45) is 0 Å². The third kappa shape index (κ3) is 8.54. The van der Waals surface area contributed by atoms with Crippen molar-refractivity contribution in [1.29, 1.82) is 0 Å². The van der Waals surface area contributed by atoms with E-state index in [2.05, 4.69) is 5.32 Å². The lowest BCUT2D eigenvalue weighted by Gasteiger charge is -2.23. The SMILES string of the molecule is CC(=O)NCCOCC(=O)N1CC(OP(O)(=S)OC(C)C)CC1CO. The molecule has 0 aromatic heterocycles. The van der Waals surface area contributed by atoms with E-state index in [4.69, 9.17) is 25.6 Å². The number of likely N-dealkylation sites (tertiary alicyclic amines) is 1. The van der Waals surface area contributed by atoms with Crippen molar-refractivity contribution in [3.05, 3.63) is 0 Å². The van der Waals surface area contributed by atoms with Crippen LogP contribution in [0.2, 0.25) is 0 Å². The Hall–Kier alpha value is -0.610. The highest BCUT2D eigenvalue weighted by Crippen LogP contribution is 2.47. The molecule has 0 saturated carbocycles. The summed E-state index contributed by atoms with van der Waals surface area (Å²) >= 11 is 4.95. The minimum absolute atomic E-state index is 0.168. The molecule has 3 atom stereocenters. The molecule has 0 radical (unpaired) electrons. The molecule has 1 rings (SSSR count). The minimum atomic E-state index is -3.39. The molecule has 2 amide bonds. The molecule has 9 nitrogen and oxygen atoms in total. The maximum atomic E-state index is 12.2. The fourth-order valence-electron chi connectivity index (χ4n) is 2.45. The summed E-state index contributed by atoms with van der Waals surface area (Å²) < 4.78 is 15.9. The molecule has 0 aliphatic carbocycles. The molecular formula is C14H27N2O7PS. The first-order chi connectivity index (χ1) is 11.6. The Morgan fingerprint density at radius 1 is 1.44 bits per heavy atom. The highest BCUT2D eigenvalue weighted by Gasteiger charge is 2.38. The van der Waals surface area contributed by atoms with Crippen LogP contribution in [-0.4, -0.2) is 77.9 Å². The van der Waals surface area contributed by atoms with Crippen molar-refractivity contribution in [1.82, 2.24) is 10.2 Å². The van der Waals surface area contributed by atoms with Crippen LogP contribution in [0.1, 0.15) is 27.2 Å². The van der Waals surface area contributed by atoms with Gasteiger partial charge in [0.15, 0.2) is 0 Å². The van der Waals surface area contributed by atoms with Crippen LogP contribution in [0.25, 0.3) is 0 Å². The van der Waals surface area contributed by atoms with Gasteiger partial charge in [0.1, 0.15) is 6.61 Å². The predicted octanol–water partition coefficient (Wildman–Crippen LogP) is -0.241. The largest absolute Gasteiger partial charge is 0.394 e. The predicted molar refractivity (Wildman–Crippen MR) is 94.3 cm³/mol. The van der Waals surface area contributed by atoms with Crippen molar-refractivity contribution in [3.63, 3.8) is 0 Å². The molecule has 3 N–H and O–H groups in total. The van der Waals surface area contributed by atoms with Crippen molar-refractivity contribution < 1.29 is 33.4 Å². The second kappa shape index (κ2) is 10.5. The molecule has 0 aromatic rings. The summed E-state index contributed by atoms with van der Waals surface area (Å²) in [7, 11) is 0. The Morgan fingerprint density at radius 2 is 2.12 bits per heavy atom. The number of ether oxygens (including phenoxy) is 1. The second-order valence-corrected chi connectivity index (χ2v) is 8.75. The van der Waals surface area contributed by atoms with Crippen LogP contribution in [-0.2, 0) is 35.2 Å². The number of nitrogens with one attached hydrogen (secondary N) is 1. The fraction of sp³-hybridized carbons (Fsp3) is 0.857. The standard InChI is InChI=1S/C14H27N2O7PS/c1-10(2)22-24(20,25)23-13-6-12(8-17)16(7-13)14(19)9-21-5-4-15-11(3)18/h10,12-13,17H,4-9H2,1-3H3,(H,15,18)(H,20,25). The number of aliphatic hydroxyl groups is 1. The number of nitrogens with zero attached hydrogens (tertiary/aromatic N) is 1. The van der Waals surface area contributed by atoms with Gasteiger partial charge in [-0.3, -0.25) is 9.59 Å². The molecule has 1 aliphatic heterocycles. The molecule has 146 valence electrons. The summed E-state index contributed by atoms with van der Waals surface area (Å²) in [5.41, 5.74) is 0. The quantitative estimate of drug-likeness (QED) is 0.341. The van der Waals surface area contributed by atoms with Crippen molar-refractivity contribution in [2.45, 2.75) is 45.4 Å².